The minimum Gasteiger partial charge on any atom is -0.462 e. The van der Waals surface area contributed by atoms with Crippen molar-refractivity contribution in [1.29, 1.82) is 0 Å². The van der Waals surface area contributed by atoms with Gasteiger partial charge in [0.1, 0.15) is 12.7 Å². The summed E-state index contributed by atoms with van der Waals surface area (Å²) in [5, 5.41) is 9.74. The highest BCUT2D eigenvalue weighted by atomic mass is 31.2. The van der Waals surface area contributed by atoms with Crippen molar-refractivity contribution in [1.82, 2.24) is 0 Å². The Kier molecular flexibility index (Phi) is 37.0. The normalized spacial score (nSPS) is 14.5. The lowest BCUT2D eigenvalue weighted by atomic mass is 10.0. The van der Waals surface area contributed by atoms with Crippen LogP contribution in [0, 0.1) is 5.92 Å². The molecule has 0 aromatic carbocycles. The van der Waals surface area contributed by atoms with Crippen molar-refractivity contribution in [2.75, 3.05) is 26.4 Å². The van der Waals surface area contributed by atoms with Gasteiger partial charge in [0.05, 0.1) is 19.8 Å². The first-order valence-corrected chi connectivity index (χ1v) is 25.2. The molecule has 14 nitrogen and oxygen atoms in total. The largest absolute Gasteiger partial charge is 0.472 e. The predicted octanol–water partition coefficient (Wildman–Crippen LogP) is 10.5. The van der Waals surface area contributed by atoms with E-state index in [0.717, 1.165) is 44.4 Å². The maximum Gasteiger partial charge on any atom is 0.472 e. The molecule has 4 N–H and O–H groups in total. The molecule has 1 unspecified atom stereocenters. The van der Waals surface area contributed by atoms with Gasteiger partial charge in [-0.15, -0.1) is 0 Å². The van der Waals surface area contributed by atoms with E-state index in [1.54, 1.807) is 12.2 Å². The molecule has 0 saturated carbocycles. The molecule has 0 aromatic heterocycles. The fraction of sp³-hybridized carbons (Fsp3) is 0.750. The van der Waals surface area contributed by atoms with Crippen molar-refractivity contribution in [3.05, 3.63) is 48.6 Å². The molecular formula is C44H78O14P2. The predicted molar refractivity (Wildman–Crippen MR) is 235 cm³/mol. The molecule has 0 aromatic rings. The third-order valence-electron chi connectivity index (χ3n) is 9.11. The number of ketones is 1. The Morgan fingerprint density at radius 1 is 0.583 bits per heavy atom. The number of rotatable bonds is 41. The second-order valence-corrected chi connectivity index (χ2v) is 18.2. The maximum absolute atomic E-state index is 12.6. The zero-order chi connectivity index (χ0) is 44.7. The second-order valence-electron chi connectivity index (χ2n) is 15.5. The molecule has 0 amide bonds. The zero-order valence-electron chi connectivity index (χ0n) is 36.7. The van der Waals surface area contributed by atoms with Crippen molar-refractivity contribution < 1.29 is 66.3 Å². The number of esters is 2. The van der Waals surface area contributed by atoms with E-state index < -0.39 is 66.2 Å². The van der Waals surface area contributed by atoms with Gasteiger partial charge in [-0.05, 0) is 50.5 Å². The number of hydrogen-bond donors (Lipinski definition) is 4. The van der Waals surface area contributed by atoms with E-state index in [-0.39, 0.29) is 31.5 Å². The number of carbonyl (C=O) groups excluding carboxylic acids is 3. The first kappa shape index (κ1) is 57.8. The molecule has 0 fully saturated rings. The maximum atomic E-state index is 12.6. The number of ether oxygens (including phenoxy) is 2. The zero-order valence-corrected chi connectivity index (χ0v) is 38.5. The Balaban J connectivity index is 4.70. The lowest BCUT2D eigenvalue weighted by Gasteiger charge is -2.20. The summed E-state index contributed by atoms with van der Waals surface area (Å²) in [5.74, 6) is -0.685. The van der Waals surface area contributed by atoms with Crippen LogP contribution in [-0.4, -0.2) is 76.1 Å². The summed E-state index contributed by atoms with van der Waals surface area (Å²) >= 11 is 0. The number of phosphoric acid groups is 2. The van der Waals surface area contributed by atoms with Crippen LogP contribution in [0.25, 0.3) is 0 Å². The highest BCUT2D eigenvalue weighted by molar-refractivity contribution is 7.47. The molecule has 348 valence electrons. The van der Waals surface area contributed by atoms with Crippen molar-refractivity contribution >= 4 is 33.4 Å². The molecule has 0 aliphatic heterocycles. The smallest absolute Gasteiger partial charge is 0.462 e. The minimum absolute atomic E-state index is 0.0759. The topological polar surface area (TPSA) is 212 Å². The summed E-state index contributed by atoms with van der Waals surface area (Å²) in [7, 11) is -9.76. The number of unbranched alkanes of at least 4 members (excludes halogenated alkanes) is 14. The Hall–Kier alpha value is -2.25. The highest BCUT2D eigenvalue weighted by Gasteiger charge is 2.28. The molecule has 0 aliphatic rings. The van der Waals surface area contributed by atoms with Gasteiger partial charge in [0, 0.05) is 19.3 Å². The van der Waals surface area contributed by atoms with E-state index in [1.165, 1.54) is 83.1 Å². The lowest BCUT2D eigenvalue weighted by molar-refractivity contribution is -0.161. The minimum atomic E-state index is -4.89. The molecule has 0 bridgehead atoms. The van der Waals surface area contributed by atoms with E-state index in [2.05, 4.69) is 54.1 Å². The van der Waals surface area contributed by atoms with Crippen LogP contribution < -0.4 is 0 Å². The Morgan fingerprint density at radius 2 is 1.13 bits per heavy atom. The second kappa shape index (κ2) is 38.4. The summed E-state index contributed by atoms with van der Waals surface area (Å²) in [6.07, 6.45) is 34.1. The Morgan fingerprint density at radius 3 is 1.75 bits per heavy atom. The summed E-state index contributed by atoms with van der Waals surface area (Å²) in [5.41, 5.74) is 0. The fourth-order valence-corrected chi connectivity index (χ4v) is 6.88. The van der Waals surface area contributed by atoms with Crippen LogP contribution in [0.5, 0.6) is 0 Å². The SMILES string of the molecule is CCCCC/C=C\C/C=C\C/C=C\C=C\C(=O)CCCC(=O)O[C@H](COC(=O)CCCCCCCCCCCCCCC(C)C)COP(=O)(O)OC[C@@H](O)COP(=O)(O)O. The van der Waals surface area contributed by atoms with Crippen LogP contribution in [0.4, 0.5) is 0 Å². The standard InChI is InChI=1S/C44H78O14P2/c1-4-5-6-7-8-9-10-11-15-18-21-24-27-31-40(45)32-29-34-44(48)58-42(38-57-60(52,53)56-36-41(46)35-55-59(49,50)51)37-54-43(47)33-28-25-22-19-16-13-12-14-17-20-23-26-30-39(2)3/h8-9,11,15,21,24,27,31,39,41-42,46H,4-7,10,12-14,16-20,22-23,25-26,28-30,32-38H2,1-3H3,(H,52,53)(H2,49,50,51)/b9-8-,15-11-,24-21-,31-27+/t41-,42+/m0/s1. The molecule has 0 rings (SSSR count). The van der Waals surface area contributed by atoms with Crippen molar-refractivity contribution in [2.24, 2.45) is 5.92 Å². The van der Waals surface area contributed by atoms with Gasteiger partial charge in [-0.1, -0.05) is 153 Å². The summed E-state index contributed by atoms with van der Waals surface area (Å²) in [4.78, 5) is 64.9. The van der Waals surface area contributed by atoms with Crippen molar-refractivity contribution in [3.8, 4) is 0 Å². The van der Waals surface area contributed by atoms with E-state index in [1.807, 2.05) is 6.08 Å². The van der Waals surface area contributed by atoms with Crippen molar-refractivity contribution in [3.63, 3.8) is 0 Å². The third-order valence-corrected chi connectivity index (χ3v) is 10.6. The first-order valence-electron chi connectivity index (χ1n) is 22.1. The number of aliphatic hydroxyl groups is 1. The van der Waals surface area contributed by atoms with Gasteiger partial charge in [-0.2, -0.15) is 0 Å². The molecule has 0 saturated heterocycles. The van der Waals surface area contributed by atoms with Crippen LogP contribution >= 0.6 is 15.6 Å². The molecule has 0 heterocycles. The van der Waals surface area contributed by atoms with Gasteiger partial charge in [0.2, 0.25) is 0 Å². The number of aliphatic hydroxyl groups excluding tert-OH is 1. The van der Waals surface area contributed by atoms with Gasteiger partial charge < -0.3 is 29.3 Å². The Labute approximate surface area is 360 Å². The summed E-state index contributed by atoms with van der Waals surface area (Å²) in [6, 6.07) is 0. The Bertz CT molecular complexity index is 1320. The molecule has 0 spiro atoms. The molecule has 0 radical (unpaired) electrons. The van der Waals surface area contributed by atoms with Gasteiger partial charge in [-0.25, -0.2) is 9.13 Å². The fourth-order valence-electron chi connectivity index (χ4n) is 5.72. The molecule has 3 atom stereocenters. The summed E-state index contributed by atoms with van der Waals surface area (Å²) in [6.45, 7) is 3.77. The van der Waals surface area contributed by atoms with E-state index in [0.29, 0.717) is 6.42 Å². The number of allylic oxidation sites excluding steroid dienone is 8. The van der Waals surface area contributed by atoms with Crippen molar-refractivity contribution in [2.45, 2.75) is 181 Å². The highest BCUT2D eigenvalue weighted by Crippen LogP contribution is 2.43. The monoisotopic (exact) mass is 892 g/mol. The van der Waals surface area contributed by atoms with Crippen LogP contribution in [0.2, 0.25) is 0 Å². The average Bonchev–Trinajstić information content (AvgIpc) is 3.18. The summed E-state index contributed by atoms with van der Waals surface area (Å²) < 4.78 is 47.5. The van der Waals surface area contributed by atoms with Gasteiger partial charge in [0.25, 0.3) is 0 Å². The van der Waals surface area contributed by atoms with E-state index in [9.17, 15) is 33.5 Å². The van der Waals surface area contributed by atoms with Gasteiger partial charge in [0.15, 0.2) is 11.9 Å². The molecular weight excluding hydrogens is 814 g/mol. The van der Waals surface area contributed by atoms with Crippen LogP contribution in [0.15, 0.2) is 48.6 Å². The molecule has 0 aliphatic carbocycles. The molecule has 16 heteroatoms. The van der Waals surface area contributed by atoms with Crippen LogP contribution in [0.3, 0.4) is 0 Å². The van der Waals surface area contributed by atoms with E-state index in [4.69, 9.17) is 23.8 Å². The third kappa shape index (κ3) is 42.4. The molecule has 60 heavy (non-hydrogen) atoms. The number of hydrogen-bond acceptors (Lipinski definition) is 11. The number of phosphoric ester groups is 2. The average molecular weight is 893 g/mol. The van der Waals surface area contributed by atoms with Crippen LogP contribution in [0.1, 0.15) is 168 Å². The van der Waals surface area contributed by atoms with Gasteiger partial charge >= 0.3 is 27.6 Å². The first-order chi connectivity index (χ1) is 28.6. The number of carbonyl (C=O) groups is 3. The lowest BCUT2D eigenvalue weighted by Crippen LogP contribution is -2.30. The quantitative estimate of drug-likeness (QED) is 0.0112. The van der Waals surface area contributed by atoms with Crippen LogP contribution in [-0.2, 0) is 46.6 Å². The van der Waals surface area contributed by atoms with E-state index >= 15 is 0 Å². The van der Waals surface area contributed by atoms with Gasteiger partial charge in [-0.3, -0.25) is 28.0 Å².